The number of para-hydroxylation sites is 2. The minimum atomic E-state index is -4.17. The summed E-state index contributed by atoms with van der Waals surface area (Å²) >= 11 is 0. The van der Waals surface area contributed by atoms with E-state index in [1.807, 2.05) is 36.4 Å². The van der Waals surface area contributed by atoms with Crippen LogP contribution in [0.4, 0.5) is 0 Å². The minimum Gasteiger partial charge on any atom is -0.457 e. The maximum atomic E-state index is 13.4. The summed E-state index contributed by atoms with van der Waals surface area (Å²) < 4.78 is 64.9. The maximum Gasteiger partial charge on any atom is 0.279 e. The minimum absolute atomic E-state index is 0.0259. The molecule has 0 spiro atoms. The topological polar surface area (TPSA) is 192 Å². The molecule has 56 heavy (non-hydrogen) atoms. The van der Waals surface area contributed by atoms with E-state index in [4.69, 9.17) is 22.3 Å². The number of nitrogens with one attached hydrogen (secondary N) is 2. The van der Waals surface area contributed by atoms with Gasteiger partial charge in [-0.25, -0.2) is 27.8 Å². The van der Waals surface area contributed by atoms with Gasteiger partial charge in [-0.05, 0) is 98.5 Å². The first-order valence-electron chi connectivity index (χ1n) is 17.3. The lowest BCUT2D eigenvalue weighted by Crippen LogP contribution is -2.59. The molecule has 292 valence electrons. The number of hydroxylamine groups is 2. The van der Waals surface area contributed by atoms with Crippen LogP contribution >= 0.6 is 0 Å². The van der Waals surface area contributed by atoms with Crippen molar-refractivity contribution in [3.05, 3.63) is 109 Å². The van der Waals surface area contributed by atoms with Crippen molar-refractivity contribution in [1.82, 2.24) is 20.8 Å². The molecular formula is C40H40N4O10S2. The van der Waals surface area contributed by atoms with Gasteiger partial charge in [0.05, 0.1) is 22.9 Å². The Labute approximate surface area is 325 Å². The number of hydrogen-bond donors (Lipinski definition) is 4. The lowest BCUT2D eigenvalue weighted by molar-refractivity contribution is -0.136. The van der Waals surface area contributed by atoms with Gasteiger partial charge in [0.15, 0.2) is 0 Å². The highest BCUT2D eigenvalue weighted by Gasteiger charge is 2.59. The molecule has 14 nitrogen and oxygen atoms in total. The lowest BCUT2D eigenvalue weighted by atomic mass is 10.2. The number of terminal acetylenes is 2. The Morgan fingerprint density at radius 2 is 0.911 bits per heavy atom. The number of rotatable bonds is 12. The Hall–Kier alpha value is -5.72. The molecule has 0 bridgehead atoms. The number of carbonyl (C=O) groups is 2. The molecule has 4 N–H and O–H groups in total. The average molecular weight is 801 g/mol. The van der Waals surface area contributed by atoms with Crippen molar-refractivity contribution in [3.8, 4) is 47.7 Å². The van der Waals surface area contributed by atoms with Crippen molar-refractivity contribution in [2.24, 2.45) is 0 Å². The number of amides is 2. The highest BCUT2D eigenvalue weighted by atomic mass is 32.2. The van der Waals surface area contributed by atoms with Crippen LogP contribution in [-0.2, 0) is 29.3 Å². The van der Waals surface area contributed by atoms with E-state index in [-0.39, 0.29) is 35.7 Å². The first-order valence-corrected chi connectivity index (χ1v) is 20.3. The second kappa shape index (κ2) is 17.8. The van der Waals surface area contributed by atoms with Gasteiger partial charge in [0, 0.05) is 13.1 Å². The fraction of sp³-hybridized carbons (Fsp3) is 0.250. The largest absolute Gasteiger partial charge is 0.457 e. The monoisotopic (exact) mass is 800 g/mol. The van der Waals surface area contributed by atoms with E-state index in [0.717, 1.165) is 0 Å². The molecule has 2 saturated heterocycles. The first-order chi connectivity index (χ1) is 26.9. The summed E-state index contributed by atoms with van der Waals surface area (Å²) in [6.45, 7) is 0.627. The second-order valence-corrected chi connectivity index (χ2v) is 17.0. The zero-order valence-electron chi connectivity index (χ0n) is 30.1. The highest BCUT2D eigenvalue weighted by Crippen LogP contribution is 2.40. The van der Waals surface area contributed by atoms with Crippen LogP contribution in [0.25, 0.3) is 0 Å². The van der Waals surface area contributed by atoms with Crippen molar-refractivity contribution in [2.75, 3.05) is 26.2 Å². The van der Waals surface area contributed by atoms with Gasteiger partial charge in [0.2, 0.25) is 29.4 Å². The molecular weight excluding hydrogens is 761 g/mol. The SMILES string of the molecule is C#CCN1CCC[C@@]1(C(=O)NO)S(=O)(=O)c1ccc(Oc2ccccc2)cc1.C#CCN1CCC[C@]1(C(=O)NO)S(=O)(=O)c1ccc(Oc2ccccc2)cc1. The van der Waals surface area contributed by atoms with Gasteiger partial charge < -0.3 is 9.47 Å². The Bertz CT molecular complexity index is 2130. The van der Waals surface area contributed by atoms with E-state index in [0.29, 0.717) is 48.9 Å². The first kappa shape index (κ1) is 41.4. The van der Waals surface area contributed by atoms with Crippen molar-refractivity contribution in [3.63, 3.8) is 0 Å². The summed E-state index contributed by atoms with van der Waals surface area (Å²) in [5, 5.41) is 18.4. The third-order valence-corrected chi connectivity index (χ3v) is 14.4. The summed E-state index contributed by atoms with van der Waals surface area (Å²) in [4.78, 5) is 23.8. The molecule has 2 amide bonds. The van der Waals surface area contributed by atoms with Gasteiger partial charge in [-0.2, -0.15) is 0 Å². The molecule has 4 aromatic rings. The zero-order chi connectivity index (χ0) is 40.4. The molecule has 2 heterocycles. The quantitative estimate of drug-likeness (QED) is 0.0901. The average Bonchev–Trinajstić information content (AvgIpc) is 3.85. The van der Waals surface area contributed by atoms with Gasteiger partial charge in [-0.3, -0.25) is 29.8 Å². The predicted molar refractivity (Wildman–Crippen MR) is 205 cm³/mol. The molecule has 6 rings (SSSR count). The van der Waals surface area contributed by atoms with Crippen molar-refractivity contribution >= 4 is 31.5 Å². The summed E-state index contributed by atoms with van der Waals surface area (Å²) in [6.07, 6.45) is 11.7. The van der Waals surface area contributed by atoms with Gasteiger partial charge in [0.1, 0.15) is 23.0 Å². The molecule has 0 aromatic heterocycles. The summed E-state index contributed by atoms with van der Waals surface area (Å²) in [7, 11) is -8.34. The fourth-order valence-electron chi connectivity index (χ4n) is 6.88. The Morgan fingerprint density at radius 3 is 1.21 bits per heavy atom. The molecule has 4 aromatic carbocycles. The summed E-state index contributed by atoms with van der Waals surface area (Å²) in [6, 6.07) is 29.7. The number of hydrogen-bond acceptors (Lipinski definition) is 12. The number of ether oxygens (including phenoxy) is 2. The van der Waals surface area contributed by atoms with E-state index >= 15 is 0 Å². The molecule has 0 unspecified atom stereocenters. The molecule has 2 aliphatic heterocycles. The molecule has 16 heteroatoms. The smallest absolute Gasteiger partial charge is 0.279 e. The predicted octanol–water partition coefficient (Wildman–Crippen LogP) is 4.37. The van der Waals surface area contributed by atoms with Crippen LogP contribution in [0.1, 0.15) is 25.7 Å². The lowest BCUT2D eigenvalue weighted by Gasteiger charge is -2.34. The third kappa shape index (κ3) is 7.98. The Kier molecular flexibility index (Phi) is 13.2. The van der Waals surface area contributed by atoms with Crippen LogP contribution in [0.2, 0.25) is 0 Å². The van der Waals surface area contributed by atoms with Crippen LogP contribution in [0.15, 0.2) is 119 Å². The molecule has 0 saturated carbocycles. The van der Waals surface area contributed by atoms with Crippen molar-refractivity contribution in [2.45, 2.75) is 45.2 Å². The second-order valence-electron chi connectivity index (χ2n) is 12.7. The normalized spacial score (nSPS) is 19.7. The number of nitrogens with zero attached hydrogens (tertiary/aromatic N) is 2. The van der Waals surface area contributed by atoms with Crippen molar-refractivity contribution in [1.29, 1.82) is 0 Å². The molecule has 2 atom stereocenters. The summed E-state index contributed by atoms with van der Waals surface area (Å²) in [5.74, 6) is 4.89. The van der Waals surface area contributed by atoms with E-state index in [1.54, 1.807) is 24.3 Å². The van der Waals surface area contributed by atoms with Crippen LogP contribution < -0.4 is 20.4 Å². The van der Waals surface area contributed by atoms with E-state index in [1.165, 1.54) is 69.3 Å². The molecule has 2 fully saturated rings. The summed E-state index contributed by atoms with van der Waals surface area (Å²) in [5.41, 5.74) is 3.01. The highest BCUT2D eigenvalue weighted by molar-refractivity contribution is 7.94. The number of carbonyl (C=O) groups excluding carboxylic acids is 2. The number of sulfone groups is 2. The van der Waals surface area contributed by atoms with Gasteiger partial charge in [-0.1, -0.05) is 48.2 Å². The van der Waals surface area contributed by atoms with Crippen LogP contribution in [0.5, 0.6) is 23.0 Å². The van der Waals surface area contributed by atoms with Gasteiger partial charge in [0.25, 0.3) is 11.8 Å². The standard InChI is InChI=1S/2C20H20N2O5S/c2*1-2-14-22-15-6-13-20(22,19(23)21-24)28(25,26)18-11-9-17(10-12-18)27-16-7-4-3-5-8-16/h2*1,3-5,7-12,24H,6,13-15H2,(H,21,23)/t2*20-/m10/s1. The Balaban J connectivity index is 0.000000214. The van der Waals surface area contributed by atoms with Gasteiger partial charge >= 0.3 is 0 Å². The molecule has 0 aliphatic carbocycles. The van der Waals surface area contributed by atoms with Gasteiger partial charge in [-0.15, -0.1) is 12.8 Å². The van der Waals surface area contributed by atoms with Crippen LogP contribution in [0, 0.1) is 24.7 Å². The number of benzene rings is 4. The van der Waals surface area contributed by atoms with Crippen LogP contribution in [0.3, 0.4) is 0 Å². The van der Waals surface area contributed by atoms with E-state index < -0.39 is 41.2 Å². The van der Waals surface area contributed by atoms with Crippen molar-refractivity contribution < 1.29 is 46.3 Å². The maximum absolute atomic E-state index is 13.4. The zero-order valence-corrected chi connectivity index (χ0v) is 31.7. The van der Waals surface area contributed by atoms with E-state index in [9.17, 15) is 36.8 Å². The molecule has 0 radical (unpaired) electrons. The number of likely N-dealkylation sites (tertiary alicyclic amines) is 2. The molecule has 2 aliphatic rings. The fourth-order valence-corrected chi connectivity index (χ4v) is 11.1. The van der Waals surface area contributed by atoms with E-state index in [2.05, 4.69) is 11.8 Å². The Morgan fingerprint density at radius 1 is 0.589 bits per heavy atom. The third-order valence-electron chi connectivity index (χ3n) is 9.50. The van der Waals surface area contributed by atoms with Crippen LogP contribution in [-0.4, -0.2) is 84.8 Å².